The Balaban J connectivity index is 1.95. The van der Waals surface area contributed by atoms with E-state index in [0.29, 0.717) is 11.2 Å². The van der Waals surface area contributed by atoms with E-state index in [1.807, 2.05) is 0 Å². The van der Waals surface area contributed by atoms with Gasteiger partial charge in [-0.15, -0.1) is 0 Å². The van der Waals surface area contributed by atoms with E-state index in [9.17, 15) is 0 Å². The van der Waals surface area contributed by atoms with Gasteiger partial charge in [0.05, 0.1) is 26.8 Å². The first-order valence-electron chi connectivity index (χ1n) is 10.6. The zero-order chi connectivity index (χ0) is 21.7. The molecule has 1 aliphatic rings. The Kier molecular flexibility index (Phi) is 7.56. The Morgan fingerprint density at radius 1 is 1.07 bits per heavy atom. The van der Waals surface area contributed by atoms with Crippen LogP contribution in [0.15, 0.2) is 42.5 Å². The number of hydrogen-bond acceptors (Lipinski definition) is 3. The van der Waals surface area contributed by atoms with Crippen LogP contribution in [0, 0.1) is 0 Å². The van der Waals surface area contributed by atoms with E-state index in [1.54, 1.807) is 14.2 Å². The molecule has 0 saturated heterocycles. The van der Waals surface area contributed by atoms with Gasteiger partial charge < -0.3 is 25.0 Å². The van der Waals surface area contributed by atoms with Gasteiger partial charge in [-0.05, 0) is 50.7 Å². The van der Waals surface area contributed by atoms with Crippen LogP contribution in [0.5, 0.6) is 11.5 Å². The Labute approximate surface area is 185 Å². The third kappa shape index (κ3) is 5.24. The van der Waals surface area contributed by atoms with E-state index in [1.165, 1.54) is 21.6 Å². The van der Waals surface area contributed by atoms with Crippen molar-refractivity contribution in [3.05, 3.63) is 59.2 Å². The number of hydrogen-bond donors (Lipinski definition) is 3. The number of thiocarbonyl (C=S) groups is 1. The molecule has 6 heteroatoms. The van der Waals surface area contributed by atoms with Crippen molar-refractivity contribution in [3.63, 3.8) is 0 Å². The molecule has 2 aromatic rings. The van der Waals surface area contributed by atoms with E-state index < -0.39 is 0 Å². The number of benzene rings is 2. The third-order valence-electron chi connectivity index (χ3n) is 5.69. The highest BCUT2D eigenvalue weighted by Gasteiger charge is 2.36. The fourth-order valence-electron chi connectivity index (χ4n) is 4.39. The molecule has 0 aliphatic carbocycles. The van der Waals surface area contributed by atoms with Gasteiger partial charge in [0.1, 0.15) is 12.6 Å². The second-order valence-corrected chi connectivity index (χ2v) is 8.67. The van der Waals surface area contributed by atoms with Gasteiger partial charge in [-0.1, -0.05) is 30.3 Å². The minimum Gasteiger partial charge on any atom is -0.493 e. The van der Waals surface area contributed by atoms with Gasteiger partial charge in [0.2, 0.25) is 0 Å². The summed E-state index contributed by atoms with van der Waals surface area (Å²) in [6.45, 7) is 8.43. The van der Waals surface area contributed by atoms with Crippen LogP contribution in [0.4, 0.5) is 0 Å². The van der Waals surface area contributed by atoms with Crippen LogP contribution in [0.3, 0.4) is 0 Å². The highest BCUT2D eigenvalue weighted by Crippen LogP contribution is 2.35. The summed E-state index contributed by atoms with van der Waals surface area (Å²) >= 11 is 5.55. The van der Waals surface area contributed by atoms with Crippen molar-refractivity contribution in [3.8, 4) is 11.5 Å². The normalized spacial score (nSPS) is 19.0. The second kappa shape index (κ2) is 10.1. The lowest BCUT2D eigenvalue weighted by Crippen LogP contribution is -3.13. The van der Waals surface area contributed by atoms with E-state index in [4.69, 9.17) is 21.7 Å². The van der Waals surface area contributed by atoms with E-state index in [2.05, 4.69) is 73.9 Å². The van der Waals surface area contributed by atoms with Crippen molar-refractivity contribution in [2.45, 2.75) is 51.9 Å². The average Bonchev–Trinajstić information content (AvgIpc) is 2.72. The maximum Gasteiger partial charge on any atom is 0.166 e. The van der Waals surface area contributed by atoms with Crippen molar-refractivity contribution >= 4 is 17.3 Å². The Morgan fingerprint density at radius 2 is 1.73 bits per heavy atom. The molecule has 0 saturated carbocycles. The molecule has 0 fully saturated rings. The van der Waals surface area contributed by atoms with Crippen LogP contribution >= 0.6 is 12.2 Å². The molecule has 3 atom stereocenters. The van der Waals surface area contributed by atoms with Gasteiger partial charge in [-0.3, -0.25) is 0 Å². The molecule has 5 nitrogen and oxygen atoms in total. The second-order valence-electron chi connectivity index (χ2n) is 8.27. The molecular weight excluding hydrogens is 394 g/mol. The van der Waals surface area contributed by atoms with E-state index >= 15 is 0 Å². The van der Waals surface area contributed by atoms with Gasteiger partial charge in [0.15, 0.2) is 16.6 Å². The minimum absolute atomic E-state index is 0.152. The van der Waals surface area contributed by atoms with E-state index in [0.717, 1.165) is 31.0 Å². The summed E-state index contributed by atoms with van der Waals surface area (Å²) in [5.41, 5.74) is 3.97. The number of fused-ring (bicyclic) bond motifs is 1. The average molecular weight is 429 g/mol. The lowest BCUT2D eigenvalue weighted by Gasteiger charge is -2.38. The molecule has 2 aromatic carbocycles. The molecule has 1 heterocycles. The van der Waals surface area contributed by atoms with Crippen molar-refractivity contribution in [1.29, 1.82) is 0 Å². The van der Waals surface area contributed by atoms with Crippen LogP contribution in [0.25, 0.3) is 0 Å². The molecule has 1 aliphatic heterocycles. The molecule has 0 amide bonds. The van der Waals surface area contributed by atoms with Crippen LogP contribution < -0.4 is 25.0 Å². The zero-order valence-electron chi connectivity index (χ0n) is 18.6. The van der Waals surface area contributed by atoms with Crippen molar-refractivity contribution in [2.75, 3.05) is 20.8 Å². The number of ether oxygens (including phenoxy) is 2. The van der Waals surface area contributed by atoms with Gasteiger partial charge >= 0.3 is 0 Å². The molecular formula is C24H34N3O2S+. The van der Waals surface area contributed by atoms with Gasteiger partial charge in [-0.25, -0.2) is 0 Å². The standard InChI is InChI=1S/C24H33N3O2S/c1-16(2)25-24(30)26-17(3)23-20-14-22(29-5)21(28-4)13-19(20)11-12-27(23)15-18-9-7-6-8-10-18/h6-10,13-14,16-17,23H,11-12,15H2,1-5H3,(H2,25,26,30)/p+1/t17-,23+/m0/s1. The first-order chi connectivity index (χ1) is 14.4. The zero-order valence-corrected chi connectivity index (χ0v) is 19.4. The summed E-state index contributed by atoms with van der Waals surface area (Å²) in [5, 5.41) is 7.54. The Bertz CT molecular complexity index is 857. The summed E-state index contributed by atoms with van der Waals surface area (Å²) in [7, 11) is 3.39. The Morgan fingerprint density at radius 3 is 2.37 bits per heavy atom. The van der Waals surface area contributed by atoms with Gasteiger partial charge in [-0.2, -0.15) is 0 Å². The van der Waals surface area contributed by atoms with Crippen LogP contribution in [-0.2, 0) is 13.0 Å². The number of methoxy groups -OCH3 is 2. The largest absolute Gasteiger partial charge is 0.493 e. The van der Waals surface area contributed by atoms with Crippen LogP contribution in [-0.4, -0.2) is 38.0 Å². The Hall–Kier alpha value is -2.31. The fourth-order valence-corrected chi connectivity index (χ4v) is 4.81. The van der Waals surface area contributed by atoms with Crippen molar-refractivity contribution in [1.82, 2.24) is 10.6 Å². The monoisotopic (exact) mass is 428 g/mol. The highest BCUT2D eigenvalue weighted by molar-refractivity contribution is 7.80. The fraction of sp³-hybridized carbons (Fsp3) is 0.458. The van der Waals surface area contributed by atoms with Gasteiger partial charge in [0.25, 0.3) is 0 Å². The maximum absolute atomic E-state index is 5.62. The van der Waals surface area contributed by atoms with Crippen molar-refractivity contribution in [2.24, 2.45) is 0 Å². The molecule has 0 aromatic heterocycles. The molecule has 162 valence electrons. The topological polar surface area (TPSA) is 47.0 Å². The number of quaternary nitrogens is 1. The molecule has 1 unspecified atom stereocenters. The molecule has 0 radical (unpaired) electrons. The molecule has 0 spiro atoms. The predicted molar refractivity (Wildman–Crippen MR) is 125 cm³/mol. The quantitative estimate of drug-likeness (QED) is 0.592. The summed E-state index contributed by atoms with van der Waals surface area (Å²) in [6.07, 6.45) is 1.01. The van der Waals surface area contributed by atoms with E-state index in [-0.39, 0.29) is 12.1 Å². The summed E-state index contributed by atoms with van der Waals surface area (Å²) in [6, 6.07) is 15.7. The number of rotatable bonds is 7. The third-order valence-corrected chi connectivity index (χ3v) is 5.92. The van der Waals surface area contributed by atoms with Crippen LogP contribution in [0.2, 0.25) is 0 Å². The smallest absolute Gasteiger partial charge is 0.166 e. The maximum atomic E-state index is 5.62. The first-order valence-corrected chi connectivity index (χ1v) is 11.0. The summed E-state index contributed by atoms with van der Waals surface area (Å²) < 4.78 is 11.2. The molecule has 0 bridgehead atoms. The predicted octanol–water partition coefficient (Wildman–Crippen LogP) is 2.65. The van der Waals surface area contributed by atoms with Crippen LogP contribution in [0.1, 0.15) is 43.5 Å². The SMILES string of the molecule is COc1cc2c(cc1OC)[C@@H]([C@H](C)NC(=S)NC(C)C)[NH+](Cc1ccccc1)CC2. The molecule has 30 heavy (non-hydrogen) atoms. The highest BCUT2D eigenvalue weighted by atomic mass is 32.1. The summed E-state index contributed by atoms with van der Waals surface area (Å²) in [5.74, 6) is 1.57. The minimum atomic E-state index is 0.152. The number of nitrogens with one attached hydrogen (secondary N) is 3. The lowest BCUT2D eigenvalue weighted by molar-refractivity contribution is -0.948. The van der Waals surface area contributed by atoms with Gasteiger partial charge in [0, 0.05) is 23.6 Å². The van der Waals surface area contributed by atoms with Crippen molar-refractivity contribution < 1.29 is 14.4 Å². The lowest BCUT2D eigenvalue weighted by atomic mass is 9.87. The summed E-state index contributed by atoms with van der Waals surface area (Å²) in [4.78, 5) is 1.52. The molecule has 3 rings (SSSR count). The first kappa shape index (κ1) is 22.4. The molecule has 3 N–H and O–H groups in total.